The maximum atomic E-state index is 12.5. The molecule has 2 aromatic heterocycles. The average Bonchev–Trinajstić information content (AvgIpc) is 3.25. The minimum Gasteiger partial charge on any atom is -0.342 e. The van der Waals surface area contributed by atoms with Gasteiger partial charge >= 0.3 is 0 Å². The molecular weight excluding hydrogens is 340 g/mol. The van der Waals surface area contributed by atoms with E-state index in [-0.39, 0.29) is 17.1 Å². The summed E-state index contributed by atoms with van der Waals surface area (Å²) in [5, 5.41) is 6.69. The number of carbonyl (C=O) groups excluding carboxylic acids is 1. The van der Waals surface area contributed by atoms with Crippen LogP contribution in [0, 0.1) is 0 Å². The zero-order chi connectivity index (χ0) is 17.2. The van der Waals surface area contributed by atoms with Crippen molar-refractivity contribution in [2.45, 2.75) is 31.6 Å². The van der Waals surface area contributed by atoms with Gasteiger partial charge in [-0.25, -0.2) is 9.97 Å². The summed E-state index contributed by atoms with van der Waals surface area (Å²) in [6.07, 6.45) is 2.95. The minimum atomic E-state index is 0.133. The topological polar surface area (TPSA) is 90.6 Å². The Bertz CT molecular complexity index is 855. The number of aryl methyl sites for hydroxylation is 1. The lowest BCUT2D eigenvalue weighted by atomic mass is 9.97. The van der Waals surface area contributed by atoms with Crippen molar-refractivity contribution in [2.24, 2.45) is 0 Å². The van der Waals surface area contributed by atoms with Crippen LogP contribution in [0.15, 0.2) is 24.3 Å². The summed E-state index contributed by atoms with van der Waals surface area (Å²) in [7, 11) is 0. The lowest BCUT2D eigenvalue weighted by Gasteiger charge is -2.32. The fourth-order valence-electron chi connectivity index (χ4n) is 3.36. The number of hydrogen-bond donors (Lipinski definition) is 2. The highest BCUT2D eigenvalue weighted by Gasteiger charge is 2.26. The highest BCUT2D eigenvalue weighted by molar-refractivity contribution is 6.28. The molecule has 0 spiro atoms. The van der Waals surface area contributed by atoms with E-state index in [0.717, 1.165) is 36.2 Å². The summed E-state index contributed by atoms with van der Waals surface area (Å²) >= 11 is 5.69. The van der Waals surface area contributed by atoms with Gasteiger partial charge in [-0.05, 0) is 36.6 Å². The molecule has 4 rings (SSSR count). The van der Waals surface area contributed by atoms with Gasteiger partial charge < -0.3 is 9.88 Å². The first-order valence-corrected chi connectivity index (χ1v) is 8.86. The summed E-state index contributed by atoms with van der Waals surface area (Å²) in [5.41, 5.74) is 2.02. The van der Waals surface area contributed by atoms with Crippen molar-refractivity contribution in [2.75, 3.05) is 13.1 Å². The Hall–Kier alpha value is -2.41. The van der Waals surface area contributed by atoms with Gasteiger partial charge in [0.1, 0.15) is 11.6 Å². The van der Waals surface area contributed by atoms with Crippen LogP contribution in [-0.4, -0.2) is 49.0 Å². The molecule has 3 heterocycles. The molecule has 1 atom stereocenters. The number of nitrogens with zero attached hydrogens (tertiary/aromatic N) is 4. The molecule has 1 aliphatic rings. The lowest BCUT2D eigenvalue weighted by molar-refractivity contribution is -0.132. The number of para-hydroxylation sites is 2. The van der Waals surface area contributed by atoms with Crippen molar-refractivity contribution < 1.29 is 4.79 Å². The predicted molar refractivity (Wildman–Crippen MR) is 94.4 cm³/mol. The number of fused-ring (bicyclic) bond motifs is 1. The second-order valence-electron chi connectivity index (χ2n) is 6.37. The first-order chi connectivity index (χ1) is 12.2. The highest BCUT2D eigenvalue weighted by atomic mass is 35.5. The molecule has 1 fully saturated rings. The zero-order valence-corrected chi connectivity index (χ0v) is 14.5. The van der Waals surface area contributed by atoms with E-state index in [1.165, 1.54) is 0 Å². The van der Waals surface area contributed by atoms with Gasteiger partial charge in [0.2, 0.25) is 11.2 Å². The number of H-pyrrole nitrogens is 2. The van der Waals surface area contributed by atoms with Crippen LogP contribution in [0.2, 0.25) is 5.28 Å². The molecule has 7 nitrogen and oxygen atoms in total. The van der Waals surface area contributed by atoms with Crippen LogP contribution in [0.25, 0.3) is 11.0 Å². The normalized spacial score (nSPS) is 18.0. The van der Waals surface area contributed by atoms with E-state index in [1.807, 2.05) is 29.2 Å². The van der Waals surface area contributed by atoms with Gasteiger partial charge in [-0.15, -0.1) is 5.10 Å². The highest BCUT2D eigenvalue weighted by Crippen LogP contribution is 2.27. The summed E-state index contributed by atoms with van der Waals surface area (Å²) in [4.78, 5) is 26.6. The van der Waals surface area contributed by atoms with Gasteiger partial charge in [-0.3, -0.25) is 9.89 Å². The van der Waals surface area contributed by atoms with E-state index >= 15 is 0 Å². The molecule has 1 saturated heterocycles. The largest absolute Gasteiger partial charge is 0.342 e. The van der Waals surface area contributed by atoms with Crippen molar-refractivity contribution in [1.82, 2.24) is 30.0 Å². The number of nitrogens with one attached hydrogen (secondary N) is 2. The van der Waals surface area contributed by atoms with Gasteiger partial charge in [0.15, 0.2) is 0 Å². The third-order valence-electron chi connectivity index (χ3n) is 4.65. The second kappa shape index (κ2) is 6.84. The molecule has 25 heavy (non-hydrogen) atoms. The Morgan fingerprint density at radius 2 is 2.20 bits per heavy atom. The third-order valence-corrected chi connectivity index (χ3v) is 4.82. The van der Waals surface area contributed by atoms with Crippen LogP contribution >= 0.6 is 11.6 Å². The van der Waals surface area contributed by atoms with E-state index in [1.54, 1.807) is 0 Å². The van der Waals surface area contributed by atoms with Gasteiger partial charge in [-0.2, -0.15) is 0 Å². The SMILES string of the molecule is O=C(CCc1nc(Cl)n[nH]1)N1CCC[C@H](c2nc3ccccc3[nH]2)C1. The number of amides is 1. The summed E-state index contributed by atoms with van der Waals surface area (Å²) in [6.45, 7) is 1.50. The van der Waals surface area contributed by atoms with E-state index in [2.05, 4.69) is 20.2 Å². The molecule has 0 saturated carbocycles. The maximum Gasteiger partial charge on any atom is 0.242 e. The molecule has 1 aromatic carbocycles. The van der Waals surface area contributed by atoms with Crippen LogP contribution in [-0.2, 0) is 11.2 Å². The van der Waals surface area contributed by atoms with Crippen LogP contribution in [0.4, 0.5) is 0 Å². The summed E-state index contributed by atoms with van der Waals surface area (Å²) < 4.78 is 0. The number of piperidine rings is 1. The van der Waals surface area contributed by atoms with E-state index in [4.69, 9.17) is 16.6 Å². The van der Waals surface area contributed by atoms with E-state index in [9.17, 15) is 4.79 Å². The summed E-state index contributed by atoms with van der Waals surface area (Å²) in [6, 6.07) is 8.01. The van der Waals surface area contributed by atoms with Gasteiger partial charge in [0, 0.05) is 31.8 Å². The standard InChI is InChI=1S/C17H19ClN6O/c18-17-21-14(22-23-17)7-8-15(25)24-9-3-4-11(10-24)16-19-12-5-1-2-6-13(12)20-16/h1-2,5-6,11H,3-4,7-10H2,(H,19,20)(H,21,22,23)/t11-/m0/s1. The lowest BCUT2D eigenvalue weighted by Crippen LogP contribution is -2.39. The monoisotopic (exact) mass is 358 g/mol. The smallest absolute Gasteiger partial charge is 0.242 e. The van der Waals surface area contributed by atoms with Gasteiger partial charge in [-0.1, -0.05) is 12.1 Å². The first kappa shape index (κ1) is 16.1. The van der Waals surface area contributed by atoms with Crippen LogP contribution in [0.3, 0.4) is 0 Å². The third kappa shape index (κ3) is 3.51. The molecule has 0 aliphatic carbocycles. The number of likely N-dealkylation sites (tertiary alicyclic amines) is 1. The van der Waals surface area contributed by atoms with E-state index < -0.39 is 0 Å². The Labute approximate surface area is 149 Å². The molecule has 0 bridgehead atoms. The molecule has 1 aliphatic heterocycles. The van der Waals surface area contributed by atoms with Gasteiger partial charge in [0.25, 0.3) is 0 Å². The molecule has 8 heteroatoms. The Morgan fingerprint density at radius 1 is 1.32 bits per heavy atom. The fraction of sp³-hybridized carbons (Fsp3) is 0.412. The number of carbonyl (C=O) groups is 1. The van der Waals surface area contributed by atoms with Crippen molar-refractivity contribution in [1.29, 1.82) is 0 Å². The molecule has 0 radical (unpaired) electrons. The molecule has 1 amide bonds. The number of hydrogen-bond acceptors (Lipinski definition) is 4. The van der Waals surface area contributed by atoms with E-state index in [0.29, 0.717) is 25.2 Å². The molecular formula is C17H19ClN6O. The minimum absolute atomic E-state index is 0.133. The van der Waals surface area contributed by atoms with Crippen molar-refractivity contribution in [3.63, 3.8) is 0 Å². The Morgan fingerprint density at radius 3 is 3.00 bits per heavy atom. The van der Waals surface area contributed by atoms with Crippen molar-refractivity contribution >= 4 is 28.5 Å². The average molecular weight is 359 g/mol. The molecule has 130 valence electrons. The number of imidazole rings is 1. The molecule has 2 N–H and O–H groups in total. The zero-order valence-electron chi connectivity index (χ0n) is 13.7. The molecule has 3 aromatic rings. The van der Waals surface area contributed by atoms with Crippen LogP contribution < -0.4 is 0 Å². The van der Waals surface area contributed by atoms with Gasteiger partial charge in [0.05, 0.1) is 11.0 Å². The number of halogens is 1. The Balaban J connectivity index is 1.40. The number of rotatable bonds is 4. The quantitative estimate of drug-likeness (QED) is 0.750. The Kier molecular flexibility index (Phi) is 4.40. The van der Waals surface area contributed by atoms with Crippen molar-refractivity contribution in [3.8, 4) is 0 Å². The summed E-state index contributed by atoms with van der Waals surface area (Å²) in [5.74, 6) is 2.00. The number of benzene rings is 1. The van der Waals surface area contributed by atoms with Crippen LogP contribution in [0.1, 0.15) is 36.8 Å². The number of aromatic amines is 2. The fourth-order valence-corrected chi connectivity index (χ4v) is 3.50. The second-order valence-corrected chi connectivity index (χ2v) is 6.71. The predicted octanol–water partition coefficient (Wildman–Crippen LogP) is 2.67. The van der Waals surface area contributed by atoms with Crippen LogP contribution in [0.5, 0.6) is 0 Å². The maximum absolute atomic E-state index is 12.5. The van der Waals surface area contributed by atoms with Crippen molar-refractivity contribution in [3.05, 3.63) is 41.2 Å². The first-order valence-electron chi connectivity index (χ1n) is 8.48. The number of aromatic nitrogens is 5. The molecule has 0 unspecified atom stereocenters.